The molecular formula is C15H19ClO8. The summed E-state index contributed by atoms with van der Waals surface area (Å²) in [5, 5.41) is 29.7. The average Bonchev–Trinajstić information content (AvgIpc) is 2.58. The van der Waals surface area contributed by atoms with Gasteiger partial charge in [0.05, 0.1) is 0 Å². The van der Waals surface area contributed by atoms with Gasteiger partial charge in [-0.15, -0.1) is 0 Å². The molecule has 2 rings (SSSR count). The molecule has 1 heterocycles. The van der Waals surface area contributed by atoms with Crippen LogP contribution in [-0.4, -0.2) is 72.3 Å². The Balaban J connectivity index is 1.79. The van der Waals surface area contributed by atoms with E-state index in [9.17, 15) is 20.1 Å². The highest BCUT2D eigenvalue weighted by molar-refractivity contribution is 6.30. The molecule has 0 radical (unpaired) electrons. The molecular weight excluding hydrogens is 344 g/mol. The maximum absolute atomic E-state index is 11.7. The van der Waals surface area contributed by atoms with Crippen molar-refractivity contribution in [2.45, 2.75) is 30.7 Å². The molecule has 1 aliphatic rings. The fraction of sp³-hybridized carbons (Fsp3) is 0.533. The number of hydrogen-bond acceptors (Lipinski definition) is 8. The van der Waals surface area contributed by atoms with Crippen LogP contribution in [0, 0.1) is 0 Å². The van der Waals surface area contributed by atoms with E-state index in [0.29, 0.717) is 10.8 Å². The fourth-order valence-electron chi connectivity index (χ4n) is 2.14. The summed E-state index contributed by atoms with van der Waals surface area (Å²) in [4.78, 5) is 11.7. The predicted octanol–water partition coefficient (Wildman–Crippen LogP) is -0.284. The lowest BCUT2D eigenvalue weighted by molar-refractivity contribution is -0.295. The Morgan fingerprint density at radius 1 is 1.17 bits per heavy atom. The van der Waals surface area contributed by atoms with Gasteiger partial charge in [-0.3, -0.25) is 0 Å². The quantitative estimate of drug-likeness (QED) is 0.592. The molecule has 0 unspecified atom stereocenters. The number of halogens is 1. The molecule has 9 heteroatoms. The summed E-state index contributed by atoms with van der Waals surface area (Å²) in [6, 6.07) is 6.44. The van der Waals surface area contributed by atoms with Crippen molar-refractivity contribution in [1.82, 2.24) is 0 Å². The van der Waals surface area contributed by atoms with E-state index >= 15 is 0 Å². The van der Waals surface area contributed by atoms with Gasteiger partial charge in [-0.05, 0) is 24.3 Å². The van der Waals surface area contributed by atoms with Gasteiger partial charge in [-0.1, -0.05) is 11.6 Å². The average molecular weight is 363 g/mol. The summed E-state index contributed by atoms with van der Waals surface area (Å²) in [6.07, 6.45) is -6.45. The number of rotatable bonds is 6. The van der Waals surface area contributed by atoms with Crippen molar-refractivity contribution in [3.8, 4) is 5.75 Å². The number of aliphatic hydroxyl groups is 3. The summed E-state index contributed by atoms with van der Waals surface area (Å²) in [5.41, 5.74) is 0. The number of carbonyl (C=O) groups is 1. The van der Waals surface area contributed by atoms with Crippen molar-refractivity contribution < 1.29 is 39.1 Å². The summed E-state index contributed by atoms with van der Waals surface area (Å²) in [6.45, 7) is -0.670. The third kappa shape index (κ3) is 4.79. The molecule has 1 aromatic carbocycles. The van der Waals surface area contributed by atoms with E-state index < -0.39 is 36.7 Å². The third-order valence-corrected chi connectivity index (χ3v) is 3.73. The van der Waals surface area contributed by atoms with E-state index in [1.807, 2.05) is 0 Å². The Hall–Kier alpha value is -1.42. The molecule has 0 aromatic heterocycles. The Morgan fingerprint density at radius 3 is 2.46 bits per heavy atom. The second kappa shape index (κ2) is 8.61. The highest BCUT2D eigenvalue weighted by Gasteiger charge is 2.44. The molecule has 3 N–H and O–H groups in total. The van der Waals surface area contributed by atoms with Crippen LogP contribution < -0.4 is 4.74 Å². The van der Waals surface area contributed by atoms with Crippen LogP contribution in [0.2, 0.25) is 5.02 Å². The number of hydrogen-bond donors (Lipinski definition) is 3. The standard InChI is InChI=1S/C15H19ClO8/c1-21-15-14(20)13(19)12(18)10(24-15)6-23-11(17)7-22-9-4-2-8(16)3-5-9/h2-5,10,12-15,18-20H,6-7H2,1H3/t10-,12-,13+,14+,15+/m1/s1. The zero-order chi connectivity index (χ0) is 17.7. The van der Waals surface area contributed by atoms with Crippen LogP contribution in [0.5, 0.6) is 5.75 Å². The van der Waals surface area contributed by atoms with E-state index in [-0.39, 0.29) is 13.2 Å². The van der Waals surface area contributed by atoms with Crippen LogP contribution in [0.4, 0.5) is 0 Å². The first-order valence-corrected chi connectivity index (χ1v) is 7.56. The Labute approximate surface area is 143 Å². The minimum absolute atomic E-state index is 0.326. The van der Waals surface area contributed by atoms with Gasteiger partial charge in [0.25, 0.3) is 0 Å². The van der Waals surface area contributed by atoms with Gasteiger partial charge in [0.1, 0.15) is 36.8 Å². The number of esters is 1. The lowest BCUT2D eigenvalue weighted by Gasteiger charge is -2.39. The molecule has 0 spiro atoms. The zero-order valence-electron chi connectivity index (χ0n) is 12.9. The minimum atomic E-state index is -1.47. The van der Waals surface area contributed by atoms with Gasteiger partial charge >= 0.3 is 5.97 Å². The highest BCUT2D eigenvalue weighted by atomic mass is 35.5. The molecule has 5 atom stereocenters. The molecule has 0 saturated carbocycles. The summed E-state index contributed by atoms with van der Waals surface area (Å²) >= 11 is 5.74. The third-order valence-electron chi connectivity index (χ3n) is 3.48. The lowest BCUT2D eigenvalue weighted by Crippen LogP contribution is -2.59. The Morgan fingerprint density at radius 2 is 1.83 bits per heavy atom. The molecule has 1 fully saturated rings. The van der Waals surface area contributed by atoms with Gasteiger partial charge in [0.2, 0.25) is 0 Å². The van der Waals surface area contributed by atoms with Gasteiger partial charge < -0.3 is 34.3 Å². The van der Waals surface area contributed by atoms with Gasteiger partial charge in [-0.25, -0.2) is 4.79 Å². The summed E-state index contributed by atoms with van der Waals surface area (Å²) in [7, 11) is 1.28. The summed E-state index contributed by atoms with van der Waals surface area (Å²) in [5.74, 6) is -0.237. The second-order valence-corrected chi connectivity index (χ2v) is 5.61. The first kappa shape index (κ1) is 18.9. The molecule has 0 aliphatic carbocycles. The second-order valence-electron chi connectivity index (χ2n) is 5.18. The van der Waals surface area contributed by atoms with E-state index in [1.165, 1.54) is 7.11 Å². The molecule has 1 aromatic rings. The van der Waals surface area contributed by atoms with Gasteiger partial charge in [0.15, 0.2) is 12.9 Å². The van der Waals surface area contributed by atoms with Crippen LogP contribution in [0.1, 0.15) is 0 Å². The molecule has 1 aliphatic heterocycles. The molecule has 0 bridgehead atoms. The number of carbonyl (C=O) groups excluding carboxylic acids is 1. The van der Waals surface area contributed by atoms with Crippen molar-refractivity contribution in [2.75, 3.05) is 20.3 Å². The first-order valence-electron chi connectivity index (χ1n) is 7.19. The molecule has 1 saturated heterocycles. The number of aliphatic hydroxyl groups excluding tert-OH is 3. The maximum atomic E-state index is 11.7. The van der Waals surface area contributed by atoms with Crippen molar-refractivity contribution in [1.29, 1.82) is 0 Å². The van der Waals surface area contributed by atoms with Crippen LogP contribution >= 0.6 is 11.6 Å². The van der Waals surface area contributed by atoms with Crippen LogP contribution in [-0.2, 0) is 19.0 Å². The predicted molar refractivity (Wildman–Crippen MR) is 81.6 cm³/mol. The largest absolute Gasteiger partial charge is 0.482 e. The monoisotopic (exact) mass is 362 g/mol. The van der Waals surface area contributed by atoms with Gasteiger partial charge in [0, 0.05) is 12.1 Å². The first-order chi connectivity index (χ1) is 11.4. The van der Waals surface area contributed by atoms with Crippen molar-refractivity contribution in [3.05, 3.63) is 29.3 Å². The zero-order valence-corrected chi connectivity index (χ0v) is 13.6. The van der Waals surface area contributed by atoms with E-state index in [2.05, 4.69) is 0 Å². The minimum Gasteiger partial charge on any atom is -0.482 e. The van der Waals surface area contributed by atoms with Crippen molar-refractivity contribution in [2.24, 2.45) is 0 Å². The van der Waals surface area contributed by atoms with Crippen molar-refractivity contribution >= 4 is 17.6 Å². The summed E-state index contributed by atoms with van der Waals surface area (Å²) < 4.78 is 20.3. The van der Waals surface area contributed by atoms with Crippen LogP contribution in [0.3, 0.4) is 0 Å². The van der Waals surface area contributed by atoms with E-state index in [4.69, 9.17) is 30.5 Å². The fourth-order valence-corrected chi connectivity index (χ4v) is 2.26. The maximum Gasteiger partial charge on any atom is 0.344 e. The number of benzene rings is 1. The number of methoxy groups -OCH3 is 1. The lowest BCUT2D eigenvalue weighted by atomic mass is 9.99. The van der Waals surface area contributed by atoms with Crippen molar-refractivity contribution in [3.63, 3.8) is 0 Å². The smallest absolute Gasteiger partial charge is 0.344 e. The SMILES string of the molecule is CO[C@H]1O[C@H](COC(=O)COc2ccc(Cl)cc2)[C@@H](O)[C@H](O)[C@@H]1O. The highest BCUT2D eigenvalue weighted by Crippen LogP contribution is 2.22. The molecule has 0 amide bonds. The normalized spacial score (nSPS) is 30.0. The van der Waals surface area contributed by atoms with E-state index in [0.717, 1.165) is 0 Å². The Kier molecular flexibility index (Phi) is 6.79. The van der Waals surface area contributed by atoms with E-state index in [1.54, 1.807) is 24.3 Å². The number of ether oxygens (including phenoxy) is 4. The molecule has 24 heavy (non-hydrogen) atoms. The van der Waals surface area contributed by atoms with Crippen LogP contribution in [0.15, 0.2) is 24.3 Å². The van der Waals surface area contributed by atoms with Gasteiger partial charge in [-0.2, -0.15) is 0 Å². The van der Waals surface area contributed by atoms with Crippen LogP contribution in [0.25, 0.3) is 0 Å². The topological polar surface area (TPSA) is 115 Å². The molecule has 8 nitrogen and oxygen atoms in total. The Bertz CT molecular complexity index is 535. The molecule has 134 valence electrons.